The van der Waals surface area contributed by atoms with Gasteiger partial charge in [0.05, 0.1) is 17.4 Å². The van der Waals surface area contributed by atoms with Crippen LogP contribution in [0.1, 0.15) is 36.8 Å². The first kappa shape index (κ1) is 22.4. The molecule has 0 aromatic heterocycles. The summed E-state index contributed by atoms with van der Waals surface area (Å²) in [6.07, 6.45) is 1.90. The Morgan fingerprint density at radius 2 is 1.53 bits per heavy atom. The molecule has 5 rings (SSSR count). The van der Waals surface area contributed by atoms with Crippen LogP contribution in [0.15, 0.2) is 78.9 Å². The molecule has 0 saturated heterocycles. The molecule has 0 bridgehead atoms. The first-order valence-electron chi connectivity index (χ1n) is 12.0. The number of rotatable bonds is 9. The standard InChI is InChI=1S/C29H29NO4/c31-26(15-12-20-10-13-22(14-11-20)21-6-2-1-3-7-21)23(27(32)33)16-19-30-25-9-5-4-8-24(25)29(17-18-29)28(30)34/h1-11,13-14,23,26,31H,12,15-19H2,(H,32,33). The molecule has 0 radical (unpaired) electrons. The second kappa shape index (κ2) is 9.07. The van der Waals surface area contributed by atoms with Gasteiger partial charge in [-0.05, 0) is 60.4 Å². The highest BCUT2D eigenvalue weighted by Crippen LogP contribution is 2.57. The summed E-state index contributed by atoms with van der Waals surface area (Å²) in [5.74, 6) is -1.86. The van der Waals surface area contributed by atoms with Crippen LogP contribution < -0.4 is 4.90 Å². The molecule has 2 atom stereocenters. The van der Waals surface area contributed by atoms with Gasteiger partial charge in [-0.3, -0.25) is 9.59 Å². The van der Waals surface area contributed by atoms with E-state index in [1.165, 1.54) is 0 Å². The van der Waals surface area contributed by atoms with Gasteiger partial charge >= 0.3 is 5.97 Å². The van der Waals surface area contributed by atoms with Crippen molar-refractivity contribution in [2.24, 2.45) is 5.92 Å². The fourth-order valence-corrected chi connectivity index (χ4v) is 5.19. The van der Waals surface area contributed by atoms with Crippen LogP contribution in [0, 0.1) is 5.92 Å². The van der Waals surface area contributed by atoms with E-state index in [-0.39, 0.29) is 17.7 Å². The van der Waals surface area contributed by atoms with Gasteiger partial charge in [0.1, 0.15) is 0 Å². The lowest BCUT2D eigenvalue weighted by Crippen LogP contribution is -2.37. The summed E-state index contributed by atoms with van der Waals surface area (Å²) in [5.41, 5.74) is 4.89. The predicted octanol–water partition coefficient (Wildman–Crippen LogP) is 4.82. The molecule has 2 aliphatic rings. The van der Waals surface area contributed by atoms with Gasteiger partial charge in [0.15, 0.2) is 0 Å². The Bertz CT molecular complexity index is 1180. The minimum Gasteiger partial charge on any atom is -0.481 e. The van der Waals surface area contributed by atoms with Gasteiger partial charge in [-0.2, -0.15) is 0 Å². The van der Waals surface area contributed by atoms with Crippen LogP contribution in [0.5, 0.6) is 0 Å². The lowest BCUT2D eigenvalue weighted by molar-refractivity contribution is -0.146. The number of aliphatic hydroxyl groups is 1. The number of anilines is 1. The Labute approximate surface area is 199 Å². The third-order valence-electron chi connectivity index (χ3n) is 7.35. The van der Waals surface area contributed by atoms with Crippen molar-refractivity contribution in [2.75, 3.05) is 11.4 Å². The van der Waals surface area contributed by atoms with Crippen molar-refractivity contribution in [1.29, 1.82) is 0 Å². The van der Waals surface area contributed by atoms with Gasteiger partial charge < -0.3 is 15.1 Å². The van der Waals surface area contributed by atoms with Crippen molar-refractivity contribution in [1.82, 2.24) is 0 Å². The molecular formula is C29H29NO4. The van der Waals surface area contributed by atoms with Gasteiger partial charge in [-0.15, -0.1) is 0 Å². The van der Waals surface area contributed by atoms with E-state index in [1.807, 2.05) is 54.6 Å². The minimum absolute atomic E-state index is 0.0748. The normalized spacial score (nSPS) is 17.4. The smallest absolute Gasteiger partial charge is 0.309 e. The first-order chi connectivity index (χ1) is 16.5. The van der Waals surface area contributed by atoms with Crippen molar-refractivity contribution in [3.63, 3.8) is 0 Å². The van der Waals surface area contributed by atoms with E-state index in [1.54, 1.807) is 4.90 Å². The lowest BCUT2D eigenvalue weighted by Gasteiger charge is -2.23. The number of amides is 1. The van der Waals surface area contributed by atoms with Gasteiger partial charge in [0.25, 0.3) is 0 Å². The first-order valence-corrected chi connectivity index (χ1v) is 12.0. The molecule has 174 valence electrons. The van der Waals surface area contributed by atoms with Gasteiger partial charge in [0.2, 0.25) is 5.91 Å². The maximum absolute atomic E-state index is 13.1. The van der Waals surface area contributed by atoms with E-state index in [9.17, 15) is 19.8 Å². The van der Waals surface area contributed by atoms with Crippen molar-refractivity contribution in [2.45, 2.75) is 43.6 Å². The highest BCUT2D eigenvalue weighted by Gasteiger charge is 2.58. The van der Waals surface area contributed by atoms with E-state index in [4.69, 9.17) is 0 Å². The molecule has 2 N–H and O–H groups in total. The number of aryl methyl sites for hydroxylation is 1. The van der Waals surface area contributed by atoms with Gasteiger partial charge in [0, 0.05) is 12.2 Å². The van der Waals surface area contributed by atoms with Gasteiger partial charge in [-0.1, -0.05) is 72.8 Å². The summed E-state index contributed by atoms with van der Waals surface area (Å²) >= 11 is 0. The number of fused-ring (bicyclic) bond motifs is 2. The second-order valence-electron chi connectivity index (χ2n) is 9.46. The summed E-state index contributed by atoms with van der Waals surface area (Å²) in [5, 5.41) is 20.5. The highest BCUT2D eigenvalue weighted by molar-refractivity contribution is 6.10. The molecule has 2 unspecified atom stereocenters. The molecule has 1 amide bonds. The van der Waals surface area contributed by atoms with Crippen LogP contribution >= 0.6 is 0 Å². The van der Waals surface area contributed by atoms with Crippen molar-refractivity contribution in [3.8, 4) is 11.1 Å². The number of aliphatic carboxylic acids is 1. The SMILES string of the molecule is O=C(O)C(CCN1C(=O)C2(CC2)c2ccccc21)C(O)CCc1ccc(-c2ccccc2)cc1. The quantitative estimate of drug-likeness (QED) is 0.485. The molecule has 1 fully saturated rings. The zero-order valence-corrected chi connectivity index (χ0v) is 19.1. The van der Waals surface area contributed by atoms with E-state index in [2.05, 4.69) is 24.3 Å². The summed E-state index contributed by atoms with van der Waals surface area (Å²) in [6.45, 7) is 0.303. The molecule has 1 aliphatic carbocycles. The summed E-state index contributed by atoms with van der Waals surface area (Å²) in [6, 6.07) is 26.1. The maximum atomic E-state index is 13.1. The maximum Gasteiger partial charge on any atom is 0.309 e. The number of para-hydroxylation sites is 1. The number of aliphatic hydroxyl groups excluding tert-OH is 1. The number of hydrogen-bond donors (Lipinski definition) is 2. The molecule has 5 heteroatoms. The fraction of sp³-hybridized carbons (Fsp3) is 0.310. The number of hydrogen-bond acceptors (Lipinski definition) is 3. The molecule has 34 heavy (non-hydrogen) atoms. The van der Waals surface area contributed by atoms with E-state index in [0.717, 1.165) is 40.8 Å². The number of nitrogens with zero attached hydrogens (tertiary/aromatic N) is 1. The third-order valence-corrected chi connectivity index (χ3v) is 7.35. The Hall–Kier alpha value is -3.44. The van der Waals surface area contributed by atoms with Crippen molar-refractivity contribution >= 4 is 17.6 Å². The van der Waals surface area contributed by atoms with Crippen LogP contribution in [0.2, 0.25) is 0 Å². The minimum atomic E-state index is -1.02. The van der Waals surface area contributed by atoms with Crippen LogP contribution in [0.3, 0.4) is 0 Å². The molecule has 3 aromatic carbocycles. The molecule has 1 aliphatic heterocycles. The van der Waals surface area contributed by atoms with Crippen LogP contribution in [0.4, 0.5) is 5.69 Å². The highest BCUT2D eigenvalue weighted by atomic mass is 16.4. The summed E-state index contributed by atoms with van der Waals surface area (Å²) in [7, 11) is 0. The monoisotopic (exact) mass is 455 g/mol. The van der Waals surface area contributed by atoms with E-state index >= 15 is 0 Å². The topological polar surface area (TPSA) is 77.8 Å². The summed E-state index contributed by atoms with van der Waals surface area (Å²) < 4.78 is 0. The molecular weight excluding hydrogens is 426 g/mol. The Morgan fingerprint density at radius 1 is 0.882 bits per heavy atom. The third kappa shape index (κ3) is 4.12. The number of carboxylic acid groups (broad SMARTS) is 1. The zero-order chi connectivity index (χ0) is 23.7. The fourth-order valence-electron chi connectivity index (χ4n) is 5.19. The van der Waals surface area contributed by atoms with E-state index < -0.39 is 18.0 Å². The second-order valence-corrected chi connectivity index (χ2v) is 9.46. The molecule has 3 aromatic rings. The average Bonchev–Trinajstić information content (AvgIpc) is 3.64. The zero-order valence-electron chi connectivity index (χ0n) is 19.1. The number of carboxylic acids is 1. The number of carbonyl (C=O) groups is 2. The number of carbonyl (C=O) groups excluding carboxylic acids is 1. The predicted molar refractivity (Wildman–Crippen MR) is 132 cm³/mol. The number of benzene rings is 3. The Kier molecular flexibility index (Phi) is 5.96. The van der Waals surface area contributed by atoms with Crippen molar-refractivity contribution in [3.05, 3.63) is 90.0 Å². The Morgan fingerprint density at radius 3 is 2.21 bits per heavy atom. The van der Waals surface area contributed by atoms with Crippen molar-refractivity contribution < 1.29 is 19.8 Å². The molecule has 1 spiro atoms. The largest absolute Gasteiger partial charge is 0.481 e. The van der Waals surface area contributed by atoms with Crippen LogP contribution in [-0.4, -0.2) is 34.7 Å². The Balaban J connectivity index is 1.20. The van der Waals surface area contributed by atoms with Gasteiger partial charge in [-0.25, -0.2) is 0 Å². The van der Waals surface area contributed by atoms with Crippen LogP contribution in [0.25, 0.3) is 11.1 Å². The molecule has 5 nitrogen and oxygen atoms in total. The average molecular weight is 456 g/mol. The lowest BCUT2D eigenvalue weighted by atomic mass is 9.93. The van der Waals surface area contributed by atoms with E-state index in [0.29, 0.717) is 19.4 Å². The summed E-state index contributed by atoms with van der Waals surface area (Å²) in [4.78, 5) is 26.7. The van der Waals surface area contributed by atoms with Crippen LogP contribution in [-0.2, 0) is 21.4 Å². The molecule has 1 saturated carbocycles. The molecule has 1 heterocycles.